The maximum absolute atomic E-state index is 12.5. The molecule has 8 nitrogen and oxygen atoms in total. The third-order valence-electron chi connectivity index (χ3n) is 4.22. The van der Waals surface area contributed by atoms with Crippen LogP contribution in [0.3, 0.4) is 0 Å². The predicted octanol–water partition coefficient (Wildman–Crippen LogP) is 2.70. The summed E-state index contributed by atoms with van der Waals surface area (Å²) in [5, 5.41) is 9.35. The predicted molar refractivity (Wildman–Crippen MR) is 102 cm³/mol. The first-order valence-corrected chi connectivity index (χ1v) is 10.6. The van der Waals surface area contributed by atoms with E-state index in [1.165, 1.54) is 23.1 Å². The molecule has 1 unspecified atom stereocenters. The number of thiazole rings is 1. The van der Waals surface area contributed by atoms with Gasteiger partial charge in [-0.2, -0.15) is 0 Å². The zero-order valence-electron chi connectivity index (χ0n) is 15.6. The quantitative estimate of drug-likeness (QED) is 0.529. The first-order chi connectivity index (χ1) is 13.0. The number of carbonyl (C=O) groups is 2. The number of rotatable bonds is 6. The number of ether oxygens (including phenoxy) is 1. The van der Waals surface area contributed by atoms with Gasteiger partial charge in [-0.3, -0.25) is 9.59 Å². The van der Waals surface area contributed by atoms with Gasteiger partial charge in [0.15, 0.2) is 0 Å². The van der Waals surface area contributed by atoms with Crippen molar-refractivity contribution in [2.45, 2.75) is 38.8 Å². The van der Waals surface area contributed by atoms with Gasteiger partial charge < -0.3 is 14.1 Å². The van der Waals surface area contributed by atoms with E-state index in [-0.39, 0.29) is 23.5 Å². The van der Waals surface area contributed by atoms with Crippen LogP contribution in [0, 0.1) is 19.8 Å². The van der Waals surface area contributed by atoms with Crippen molar-refractivity contribution in [2.24, 2.45) is 5.92 Å². The molecule has 3 rings (SSSR count). The molecule has 3 heterocycles. The monoisotopic (exact) mass is 410 g/mol. The lowest BCUT2D eigenvalue weighted by molar-refractivity contribution is -0.151. The molecule has 1 saturated heterocycles. The Balaban J connectivity index is 1.55. The fraction of sp³-hybridized carbons (Fsp3) is 0.588. The second-order valence-electron chi connectivity index (χ2n) is 6.24. The average Bonchev–Trinajstić information content (AvgIpc) is 3.25. The lowest BCUT2D eigenvalue weighted by atomic mass is 9.98. The molecule has 1 aliphatic heterocycles. The van der Waals surface area contributed by atoms with Gasteiger partial charge >= 0.3 is 5.97 Å². The fourth-order valence-corrected chi connectivity index (χ4v) is 4.47. The Labute approximate surface area is 165 Å². The SMILES string of the molecule is CCOC(=O)C1CCCN(C(=O)CSc2nnc(-c3sc(C)nc3C)o2)C1. The number of aryl methyl sites for hydroxylation is 2. The summed E-state index contributed by atoms with van der Waals surface area (Å²) in [6.45, 7) is 7.03. The second-order valence-corrected chi connectivity index (χ2v) is 8.37. The minimum Gasteiger partial charge on any atom is -0.466 e. The molecule has 0 aromatic carbocycles. The van der Waals surface area contributed by atoms with Crippen molar-refractivity contribution >= 4 is 35.0 Å². The molecule has 0 saturated carbocycles. The van der Waals surface area contributed by atoms with Gasteiger partial charge in [0.2, 0.25) is 5.91 Å². The van der Waals surface area contributed by atoms with Gasteiger partial charge in [0.25, 0.3) is 11.1 Å². The topological polar surface area (TPSA) is 98.4 Å². The summed E-state index contributed by atoms with van der Waals surface area (Å²) in [5.41, 5.74) is 0.854. The zero-order valence-corrected chi connectivity index (χ0v) is 17.2. The van der Waals surface area contributed by atoms with Crippen LogP contribution in [0.4, 0.5) is 0 Å². The molecule has 2 aromatic heterocycles. The number of hydrogen-bond acceptors (Lipinski definition) is 9. The Bertz CT molecular complexity index is 820. The van der Waals surface area contributed by atoms with E-state index in [4.69, 9.17) is 9.15 Å². The molecule has 0 bridgehead atoms. The van der Waals surface area contributed by atoms with Crippen LogP contribution in [0.2, 0.25) is 0 Å². The molecule has 0 radical (unpaired) electrons. The van der Waals surface area contributed by atoms with Crippen LogP contribution in [-0.2, 0) is 14.3 Å². The highest BCUT2D eigenvalue weighted by Gasteiger charge is 2.29. The molecule has 1 atom stereocenters. The summed E-state index contributed by atoms with van der Waals surface area (Å²) < 4.78 is 10.7. The lowest BCUT2D eigenvalue weighted by Crippen LogP contribution is -2.43. The maximum atomic E-state index is 12.5. The van der Waals surface area contributed by atoms with Crippen molar-refractivity contribution in [2.75, 3.05) is 25.4 Å². The van der Waals surface area contributed by atoms with Gasteiger partial charge in [-0.05, 0) is 33.6 Å². The number of hydrogen-bond donors (Lipinski definition) is 0. The van der Waals surface area contributed by atoms with Gasteiger partial charge in [0.1, 0.15) is 4.88 Å². The van der Waals surface area contributed by atoms with E-state index in [0.29, 0.717) is 30.8 Å². The molecular weight excluding hydrogens is 388 g/mol. The number of thioether (sulfide) groups is 1. The Morgan fingerprint density at radius 1 is 1.37 bits per heavy atom. The number of nitrogens with zero attached hydrogens (tertiary/aromatic N) is 4. The highest BCUT2D eigenvalue weighted by atomic mass is 32.2. The van der Waals surface area contributed by atoms with Crippen molar-refractivity contribution in [3.05, 3.63) is 10.7 Å². The standard InChI is InChI=1S/C17H22N4O4S2/c1-4-24-16(23)12-6-5-7-21(8-12)13(22)9-26-17-20-19-15(25-17)14-10(2)18-11(3)27-14/h12H,4-9H2,1-3H3. The fourth-order valence-electron chi connectivity index (χ4n) is 2.96. The summed E-state index contributed by atoms with van der Waals surface area (Å²) >= 11 is 2.71. The van der Waals surface area contributed by atoms with Gasteiger partial charge in [-0.25, -0.2) is 4.98 Å². The van der Waals surface area contributed by atoms with E-state index in [9.17, 15) is 9.59 Å². The van der Waals surface area contributed by atoms with Crippen molar-refractivity contribution in [3.63, 3.8) is 0 Å². The van der Waals surface area contributed by atoms with Gasteiger partial charge in [-0.15, -0.1) is 21.5 Å². The highest BCUT2D eigenvalue weighted by molar-refractivity contribution is 7.99. The summed E-state index contributed by atoms with van der Waals surface area (Å²) in [4.78, 5) is 31.3. The molecule has 0 N–H and O–H groups in total. The number of esters is 1. The Hall–Kier alpha value is -1.94. The van der Waals surface area contributed by atoms with Gasteiger partial charge in [-0.1, -0.05) is 11.8 Å². The normalized spacial score (nSPS) is 17.1. The molecule has 10 heteroatoms. The maximum Gasteiger partial charge on any atom is 0.310 e. The number of piperidine rings is 1. The van der Waals surface area contributed by atoms with E-state index in [1.807, 2.05) is 13.8 Å². The van der Waals surface area contributed by atoms with Crippen molar-refractivity contribution in [3.8, 4) is 10.8 Å². The van der Waals surface area contributed by atoms with Crippen LogP contribution in [0.15, 0.2) is 9.64 Å². The minimum absolute atomic E-state index is 0.0430. The largest absolute Gasteiger partial charge is 0.466 e. The minimum atomic E-state index is -0.236. The molecule has 1 amide bonds. The van der Waals surface area contributed by atoms with E-state index in [0.717, 1.165) is 28.4 Å². The van der Waals surface area contributed by atoms with Gasteiger partial charge in [0.05, 0.1) is 29.0 Å². The summed E-state index contributed by atoms with van der Waals surface area (Å²) in [6.07, 6.45) is 1.56. The zero-order chi connectivity index (χ0) is 19.4. The third-order valence-corrected chi connectivity index (χ3v) is 6.08. The van der Waals surface area contributed by atoms with E-state index >= 15 is 0 Å². The first-order valence-electron chi connectivity index (χ1n) is 8.83. The van der Waals surface area contributed by atoms with E-state index < -0.39 is 0 Å². The number of carbonyl (C=O) groups excluding carboxylic acids is 2. The molecule has 146 valence electrons. The lowest BCUT2D eigenvalue weighted by Gasteiger charge is -2.31. The number of likely N-dealkylation sites (tertiary alicyclic amines) is 1. The van der Waals surface area contributed by atoms with Crippen molar-refractivity contribution < 1.29 is 18.7 Å². The molecule has 2 aromatic rings. The second kappa shape index (κ2) is 8.83. The van der Waals surface area contributed by atoms with Crippen LogP contribution < -0.4 is 0 Å². The van der Waals surface area contributed by atoms with Crippen molar-refractivity contribution in [1.29, 1.82) is 0 Å². The van der Waals surface area contributed by atoms with Crippen LogP contribution in [-0.4, -0.2) is 57.4 Å². The molecule has 0 aliphatic carbocycles. The van der Waals surface area contributed by atoms with Crippen LogP contribution in [0.5, 0.6) is 0 Å². The molecule has 27 heavy (non-hydrogen) atoms. The molecule has 1 aliphatic rings. The van der Waals surface area contributed by atoms with Crippen molar-refractivity contribution in [1.82, 2.24) is 20.1 Å². The Morgan fingerprint density at radius 3 is 2.89 bits per heavy atom. The average molecular weight is 411 g/mol. The van der Waals surface area contributed by atoms with E-state index in [1.54, 1.807) is 11.8 Å². The third kappa shape index (κ3) is 4.86. The molecule has 1 fully saturated rings. The number of aromatic nitrogens is 3. The molecular formula is C17H22N4O4S2. The number of amides is 1. The van der Waals surface area contributed by atoms with E-state index in [2.05, 4.69) is 15.2 Å². The first kappa shape index (κ1) is 19.8. The van der Waals surface area contributed by atoms with Crippen LogP contribution in [0.1, 0.15) is 30.5 Å². The molecule has 0 spiro atoms. The summed E-state index contributed by atoms with van der Waals surface area (Å²) in [5.74, 6) is 0.115. The van der Waals surface area contributed by atoms with Crippen LogP contribution >= 0.6 is 23.1 Å². The smallest absolute Gasteiger partial charge is 0.310 e. The summed E-state index contributed by atoms with van der Waals surface area (Å²) in [6, 6.07) is 0. The summed E-state index contributed by atoms with van der Waals surface area (Å²) in [7, 11) is 0. The highest BCUT2D eigenvalue weighted by Crippen LogP contribution is 2.30. The Kier molecular flexibility index (Phi) is 6.48. The Morgan fingerprint density at radius 2 is 2.19 bits per heavy atom. The van der Waals surface area contributed by atoms with Gasteiger partial charge in [0, 0.05) is 13.1 Å². The van der Waals surface area contributed by atoms with Crippen LogP contribution in [0.25, 0.3) is 10.8 Å².